The summed E-state index contributed by atoms with van der Waals surface area (Å²) in [6.45, 7) is 4.35. The summed E-state index contributed by atoms with van der Waals surface area (Å²) in [6.07, 6.45) is 4.63. The smallest absolute Gasteiger partial charge is 0.328 e. The van der Waals surface area contributed by atoms with E-state index in [4.69, 9.17) is 5.11 Å². The third kappa shape index (κ3) is 2.36. The van der Waals surface area contributed by atoms with Gasteiger partial charge in [0.05, 0.1) is 0 Å². The van der Waals surface area contributed by atoms with Crippen molar-refractivity contribution in [1.29, 1.82) is 0 Å². The maximum Gasteiger partial charge on any atom is 0.328 e. The molecule has 2 nitrogen and oxygen atoms in total. The van der Waals surface area contributed by atoms with Gasteiger partial charge in [0.2, 0.25) is 0 Å². The fraction of sp³-hybridized carbons (Fsp3) is 0.700. The lowest BCUT2D eigenvalue weighted by atomic mass is 9.79. The predicted octanol–water partition coefficient (Wildman–Crippen LogP) is 2.45. The minimum Gasteiger partial charge on any atom is -0.478 e. The highest BCUT2D eigenvalue weighted by atomic mass is 16.4. The van der Waals surface area contributed by atoms with Gasteiger partial charge < -0.3 is 5.11 Å². The van der Waals surface area contributed by atoms with Gasteiger partial charge in [-0.2, -0.15) is 0 Å². The van der Waals surface area contributed by atoms with Gasteiger partial charge in [-0.25, -0.2) is 4.79 Å². The summed E-state index contributed by atoms with van der Waals surface area (Å²) in [5, 5.41) is 8.57. The van der Waals surface area contributed by atoms with Gasteiger partial charge in [0.15, 0.2) is 0 Å². The minimum atomic E-state index is -0.800. The lowest BCUT2D eigenvalue weighted by Crippen LogP contribution is -2.14. The van der Waals surface area contributed by atoms with Gasteiger partial charge in [-0.3, -0.25) is 0 Å². The Kier molecular flexibility index (Phi) is 2.90. The summed E-state index contributed by atoms with van der Waals surface area (Å²) in [7, 11) is 0. The van der Waals surface area contributed by atoms with Crippen LogP contribution in [0.4, 0.5) is 0 Å². The van der Waals surface area contributed by atoms with E-state index in [0.29, 0.717) is 5.92 Å². The zero-order valence-corrected chi connectivity index (χ0v) is 7.71. The van der Waals surface area contributed by atoms with Crippen LogP contribution in [0.2, 0.25) is 0 Å². The molecular formula is C10H16O2. The number of carbonyl (C=O) groups is 1. The fourth-order valence-corrected chi connectivity index (χ4v) is 1.91. The topological polar surface area (TPSA) is 37.3 Å². The molecular weight excluding hydrogens is 152 g/mol. The molecule has 1 aliphatic rings. The molecule has 1 N–H and O–H groups in total. The van der Waals surface area contributed by atoms with Crippen LogP contribution in [0, 0.1) is 11.8 Å². The van der Waals surface area contributed by atoms with Gasteiger partial charge in [-0.15, -0.1) is 0 Å². The zero-order valence-electron chi connectivity index (χ0n) is 7.71. The van der Waals surface area contributed by atoms with Crippen molar-refractivity contribution in [3.05, 3.63) is 11.6 Å². The second-order valence-electron chi connectivity index (χ2n) is 3.84. The van der Waals surface area contributed by atoms with Gasteiger partial charge in [0.1, 0.15) is 0 Å². The van der Waals surface area contributed by atoms with Gasteiger partial charge in [-0.05, 0) is 31.1 Å². The second-order valence-corrected chi connectivity index (χ2v) is 3.84. The SMILES string of the molecule is CC1CCC(=CC(=O)O)C(C)C1. The van der Waals surface area contributed by atoms with Gasteiger partial charge in [-0.1, -0.05) is 19.4 Å². The zero-order chi connectivity index (χ0) is 9.14. The highest BCUT2D eigenvalue weighted by Crippen LogP contribution is 2.32. The van der Waals surface area contributed by atoms with Crippen molar-refractivity contribution in [2.24, 2.45) is 11.8 Å². The summed E-state index contributed by atoms with van der Waals surface area (Å²) < 4.78 is 0. The Bertz CT molecular complexity index is 206. The van der Waals surface area contributed by atoms with Crippen LogP contribution in [0.1, 0.15) is 33.1 Å². The van der Waals surface area contributed by atoms with Crippen molar-refractivity contribution in [1.82, 2.24) is 0 Å². The van der Waals surface area contributed by atoms with Crippen LogP contribution in [0.25, 0.3) is 0 Å². The first kappa shape index (κ1) is 9.30. The Balaban J connectivity index is 2.62. The van der Waals surface area contributed by atoms with Crippen molar-refractivity contribution < 1.29 is 9.90 Å². The molecule has 1 saturated carbocycles. The molecule has 0 bridgehead atoms. The van der Waals surface area contributed by atoms with Crippen LogP contribution in [0.15, 0.2) is 11.6 Å². The first-order valence-corrected chi connectivity index (χ1v) is 4.53. The summed E-state index contributed by atoms with van der Waals surface area (Å²) >= 11 is 0. The standard InChI is InChI=1S/C10H16O2/c1-7-3-4-9(6-10(11)12)8(2)5-7/h6-8H,3-5H2,1-2H3,(H,11,12). The molecule has 0 aromatic heterocycles. The Hall–Kier alpha value is -0.790. The highest BCUT2D eigenvalue weighted by Gasteiger charge is 2.19. The van der Waals surface area contributed by atoms with E-state index in [0.717, 1.165) is 30.8 Å². The average molecular weight is 168 g/mol. The van der Waals surface area contributed by atoms with E-state index < -0.39 is 5.97 Å². The van der Waals surface area contributed by atoms with E-state index in [2.05, 4.69) is 13.8 Å². The average Bonchev–Trinajstić information content (AvgIpc) is 1.94. The van der Waals surface area contributed by atoms with Crippen LogP contribution >= 0.6 is 0 Å². The second kappa shape index (κ2) is 3.74. The fourth-order valence-electron chi connectivity index (χ4n) is 1.91. The lowest BCUT2D eigenvalue weighted by molar-refractivity contribution is -0.131. The molecule has 0 aromatic rings. The van der Waals surface area contributed by atoms with E-state index >= 15 is 0 Å². The molecule has 0 aromatic carbocycles. The van der Waals surface area contributed by atoms with E-state index in [1.807, 2.05) is 0 Å². The number of aliphatic carboxylic acids is 1. The molecule has 0 spiro atoms. The number of rotatable bonds is 1. The first-order valence-electron chi connectivity index (χ1n) is 4.53. The Morgan fingerprint density at radius 3 is 2.75 bits per heavy atom. The lowest BCUT2D eigenvalue weighted by Gasteiger charge is -2.26. The predicted molar refractivity (Wildman–Crippen MR) is 47.9 cm³/mol. The third-order valence-electron chi connectivity index (χ3n) is 2.62. The summed E-state index contributed by atoms with van der Waals surface area (Å²) in [5.74, 6) is 0.419. The van der Waals surface area contributed by atoms with Gasteiger partial charge in [0.25, 0.3) is 0 Å². The van der Waals surface area contributed by atoms with Crippen LogP contribution in [-0.4, -0.2) is 11.1 Å². The third-order valence-corrected chi connectivity index (χ3v) is 2.62. The van der Waals surface area contributed by atoms with Crippen LogP contribution in [0.3, 0.4) is 0 Å². The summed E-state index contributed by atoms with van der Waals surface area (Å²) in [5.41, 5.74) is 1.11. The Morgan fingerprint density at radius 2 is 2.25 bits per heavy atom. The molecule has 68 valence electrons. The Labute approximate surface area is 73.3 Å². The maximum absolute atomic E-state index is 10.4. The van der Waals surface area contributed by atoms with E-state index in [9.17, 15) is 4.79 Å². The Morgan fingerprint density at radius 1 is 1.58 bits per heavy atom. The molecule has 1 fully saturated rings. The minimum absolute atomic E-state index is 0.463. The normalized spacial score (nSPS) is 33.7. The van der Waals surface area contributed by atoms with Crippen molar-refractivity contribution >= 4 is 5.97 Å². The first-order chi connectivity index (χ1) is 5.59. The summed E-state index contributed by atoms with van der Waals surface area (Å²) in [4.78, 5) is 10.4. The van der Waals surface area contributed by atoms with Crippen molar-refractivity contribution in [2.45, 2.75) is 33.1 Å². The van der Waals surface area contributed by atoms with Crippen molar-refractivity contribution in [3.63, 3.8) is 0 Å². The molecule has 2 atom stereocenters. The largest absolute Gasteiger partial charge is 0.478 e. The molecule has 0 saturated heterocycles. The van der Waals surface area contributed by atoms with Crippen LogP contribution < -0.4 is 0 Å². The number of carboxylic acid groups (broad SMARTS) is 1. The number of allylic oxidation sites excluding steroid dienone is 1. The molecule has 0 heterocycles. The van der Waals surface area contributed by atoms with Gasteiger partial charge in [0, 0.05) is 6.08 Å². The number of hydrogen-bond donors (Lipinski definition) is 1. The van der Waals surface area contributed by atoms with E-state index in [1.54, 1.807) is 0 Å². The monoisotopic (exact) mass is 168 g/mol. The molecule has 0 aliphatic heterocycles. The highest BCUT2D eigenvalue weighted by molar-refractivity contribution is 5.80. The van der Waals surface area contributed by atoms with Crippen molar-refractivity contribution in [3.8, 4) is 0 Å². The molecule has 1 aliphatic carbocycles. The van der Waals surface area contributed by atoms with E-state index in [-0.39, 0.29) is 0 Å². The molecule has 0 radical (unpaired) electrons. The number of carboxylic acids is 1. The van der Waals surface area contributed by atoms with Crippen LogP contribution in [0.5, 0.6) is 0 Å². The van der Waals surface area contributed by atoms with E-state index in [1.165, 1.54) is 6.08 Å². The molecule has 1 rings (SSSR count). The molecule has 12 heavy (non-hydrogen) atoms. The van der Waals surface area contributed by atoms with Gasteiger partial charge >= 0.3 is 5.97 Å². The molecule has 0 amide bonds. The maximum atomic E-state index is 10.4. The van der Waals surface area contributed by atoms with Crippen LogP contribution in [-0.2, 0) is 4.79 Å². The quantitative estimate of drug-likeness (QED) is 0.610. The molecule has 2 unspecified atom stereocenters. The number of hydrogen-bond acceptors (Lipinski definition) is 1. The van der Waals surface area contributed by atoms with Crippen molar-refractivity contribution in [2.75, 3.05) is 0 Å². The summed E-state index contributed by atoms with van der Waals surface area (Å²) in [6, 6.07) is 0. The molecule has 2 heteroatoms.